The van der Waals surface area contributed by atoms with Gasteiger partial charge in [0, 0.05) is 112 Å². The van der Waals surface area contributed by atoms with Gasteiger partial charge in [-0.2, -0.15) is 0 Å². The van der Waals surface area contributed by atoms with E-state index < -0.39 is 0 Å². The zero-order valence-electron chi connectivity index (χ0n) is 2.09. The minimum absolute atomic E-state index is 0. The summed E-state index contributed by atoms with van der Waals surface area (Å²) in [5, 5.41) is 0. The van der Waals surface area contributed by atoms with E-state index in [1.165, 1.54) is 0 Å². The van der Waals surface area contributed by atoms with E-state index in [-0.39, 0.29) is 112 Å². The molecule has 0 rings (SSSR count). The maximum Gasteiger partial charge on any atom is 0 e. The molecule has 0 aromatic heterocycles. The normalized spacial score (nSPS) is 0. The van der Waals surface area contributed by atoms with Crippen molar-refractivity contribution in [3.63, 3.8) is 0 Å². The first kappa shape index (κ1) is 25.2. The van der Waals surface area contributed by atoms with E-state index in [9.17, 15) is 0 Å². The Kier molecular flexibility index (Phi) is 100.0. The molecule has 0 aliphatic carbocycles. The van der Waals surface area contributed by atoms with Crippen LogP contribution in [0.3, 0.4) is 0 Å². The van der Waals surface area contributed by atoms with Gasteiger partial charge >= 0.3 is 0 Å². The Bertz CT molecular complexity index is 8.00. The number of rotatable bonds is 0. The first-order chi connectivity index (χ1) is 0. The third-order valence-corrected chi connectivity index (χ3v) is 0. The average Bonchev–Trinajstić information content (AvgIpc) is 0. The zero-order chi connectivity index (χ0) is 0. The molecule has 0 N–H and O–H groups in total. The van der Waals surface area contributed by atoms with Gasteiger partial charge in [-0.05, 0) is 0 Å². The first-order valence-electron chi connectivity index (χ1n) is 0. The third-order valence-electron chi connectivity index (χ3n) is 0. The van der Waals surface area contributed by atoms with E-state index in [1.54, 1.807) is 0 Å². The second-order valence-corrected chi connectivity index (χ2v) is 0. The first-order valence-corrected chi connectivity index (χ1v) is 0. The minimum atomic E-state index is 0. The molecule has 4 heteroatoms. The number of hydrogen-bond donors (Lipinski definition) is 0. The summed E-state index contributed by atoms with van der Waals surface area (Å²) in [5.74, 6) is 0. The molecule has 0 aliphatic heterocycles. The summed E-state index contributed by atoms with van der Waals surface area (Å²) in [4.78, 5) is 0. The smallest absolute Gasteiger partial charge is 0 e. The molecule has 0 unspecified atom stereocenters. The van der Waals surface area contributed by atoms with Gasteiger partial charge in [0.15, 0.2) is 0 Å². The third kappa shape index (κ3) is 9.21. The summed E-state index contributed by atoms with van der Waals surface area (Å²) >= 11 is 0. The van der Waals surface area contributed by atoms with Crippen LogP contribution in [0.5, 0.6) is 0 Å². The predicted molar refractivity (Wildman–Crippen MR) is 5.75 cm³/mol. The van der Waals surface area contributed by atoms with Gasteiger partial charge < -0.3 is 0 Å². The van der Waals surface area contributed by atoms with Crippen molar-refractivity contribution in [3.8, 4) is 0 Å². The van der Waals surface area contributed by atoms with Crippen LogP contribution in [-0.4, -0.2) is 23.1 Å². The van der Waals surface area contributed by atoms with Crippen LogP contribution in [0.15, 0.2) is 0 Å². The van der Waals surface area contributed by atoms with Crippen molar-refractivity contribution in [2.75, 3.05) is 0 Å². The summed E-state index contributed by atoms with van der Waals surface area (Å²) < 4.78 is 0. The quantitative estimate of drug-likeness (QED) is 0.534. The van der Waals surface area contributed by atoms with Crippen LogP contribution >= 0.6 is 0 Å². The Morgan fingerprint density at radius 1 is 1.00 bits per heavy atom. The topological polar surface area (TPSA) is 0 Å². The van der Waals surface area contributed by atoms with E-state index in [0.717, 1.165) is 0 Å². The van der Waals surface area contributed by atoms with Gasteiger partial charge in [0.25, 0.3) is 0 Å². The van der Waals surface area contributed by atoms with E-state index in [4.69, 9.17) is 0 Å². The van der Waals surface area contributed by atoms with Crippen LogP contribution in [0.25, 0.3) is 0 Å². The molecule has 0 nitrogen and oxygen atoms in total. The summed E-state index contributed by atoms with van der Waals surface area (Å²) in [7, 11) is 0. The maximum atomic E-state index is 0. The molecule has 0 saturated carbocycles. The van der Waals surface area contributed by atoms with Crippen LogP contribution in [0, 0.1) is 40.8 Å². The van der Waals surface area contributed by atoms with Gasteiger partial charge in [-0.3, -0.25) is 0 Å². The monoisotopic (exact) mass is 318 g/mol. The Labute approximate surface area is 109 Å². The predicted octanol–water partition coefficient (Wildman–Crippen LogP) is -0.386. The van der Waals surface area contributed by atoms with Crippen molar-refractivity contribution < 1.29 is 89.1 Å². The molecule has 4 radical (unpaired) electrons. The number of hydrogen-bond acceptors (Lipinski definition) is 0. The van der Waals surface area contributed by atoms with E-state index in [1.807, 2.05) is 0 Å². The maximum absolute atomic E-state index is 0. The van der Waals surface area contributed by atoms with Gasteiger partial charge in [-0.25, -0.2) is 0 Å². The SMILES string of the molecule is [Ag].[Mg].[Nd].[Sc]. The van der Waals surface area contributed by atoms with Gasteiger partial charge in [0.05, 0.1) is 0 Å². The van der Waals surface area contributed by atoms with Crippen LogP contribution in [0.4, 0.5) is 0 Å². The molecule has 0 aromatic carbocycles. The van der Waals surface area contributed by atoms with Gasteiger partial charge in [-0.1, -0.05) is 0 Å². The molecule has 0 bridgehead atoms. The molecular formula is AgMgNdSc. The Hall–Kier alpha value is 3.73. The van der Waals surface area contributed by atoms with Crippen LogP contribution in [-0.2, 0) is 48.2 Å². The molecule has 0 amide bonds. The molecule has 0 heterocycles. The van der Waals surface area contributed by atoms with E-state index in [2.05, 4.69) is 0 Å². The van der Waals surface area contributed by atoms with Crippen LogP contribution in [0.2, 0.25) is 0 Å². The van der Waals surface area contributed by atoms with Gasteiger partial charge in [0.1, 0.15) is 0 Å². The summed E-state index contributed by atoms with van der Waals surface area (Å²) in [6.07, 6.45) is 0. The molecule has 0 aliphatic rings. The van der Waals surface area contributed by atoms with Crippen molar-refractivity contribution in [1.29, 1.82) is 0 Å². The molecular weight excluding hydrogens is 321 g/mol. The summed E-state index contributed by atoms with van der Waals surface area (Å²) in [5.41, 5.74) is 0. The van der Waals surface area contributed by atoms with Crippen LogP contribution < -0.4 is 0 Å². The fourth-order valence-corrected chi connectivity index (χ4v) is 0. The Morgan fingerprint density at radius 3 is 1.00 bits per heavy atom. The molecule has 4 heavy (non-hydrogen) atoms. The summed E-state index contributed by atoms with van der Waals surface area (Å²) in [6.45, 7) is 0. The van der Waals surface area contributed by atoms with E-state index >= 15 is 0 Å². The minimum Gasteiger partial charge on any atom is 0 e. The van der Waals surface area contributed by atoms with Gasteiger partial charge in [0.2, 0.25) is 0 Å². The van der Waals surface area contributed by atoms with Crippen molar-refractivity contribution in [3.05, 3.63) is 0 Å². The Balaban J connectivity index is 0. The molecule has 0 saturated heterocycles. The largest absolute Gasteiger partial charge is 0 e. The van der Waals surface area contributed by atoms with Crippen molar-refractivity contribution >= 4 is 23.1 Å². The van der Waals surface area contributed by atoms with E-state index in [0.29, 0.717) is 0 Å². The second-order valence-electron chi connectivity index (χ2n) is 0. The molecule has 0 aromatic rings. The van der Waals surface area contributed by atoms with Crippen molar-refractivity contribution in [1.82, 2.24) is 0 Å². The summed E-state index contributed by atoms with van der Waals surface area (Å²) in [6, 6.07) is 0. The fraction of sp³-hybridized carbons (Fsp3) is 0. The average molecular weight is 321 g/mol. The van der Waals surface area contributed by atoms with Crippen molar-refractivity contribution in [2.45, 2.75) is 0 Å². The zero-order valence-corrected chi connectivity index (χ0v) is 9.99. The molecule has 0 fully saturated rings. The Morgan fingerprint density at radius 2 is 1.00 bits per heavy atom. The molecule has 0 spiro atoms. The fourth-order valence-electron chi connectivity index (χ4n) is 0. The standard InChI is InChI=1S/Ag.Mg.Nd.Sc. The van der Waals surface area contributed by atoms with Crippen LogP contribution in [0.1, 0.15) is 0 Å². The van der Waals surface area contributed by atoms with Gasteiger partial charge in [-0.15, -0.1) is 0 Å². The second kappa shape index (κ2) is 15.9. The molecule has 20 valence electrons. The molecule has 0 atom stereocenters. The van der Waals surface area contributed by atoms with Crippen molar-refractivity contribution in [2.24, 2.45) is 0 Å².